The van der Waals surface area contributed by atoms with E-state index in [9.17, 15) is 4.79 Å². The number of carboxylic acid groups (broad SMARTS) is 1. The van der Waals surface area contributed by atoms with Crippen molar-refractivity contribution in [3.05, 3.63) is 18.2 Å². The Morgan fingerprint density at radius 1 is 1.53 bits per heavy atom. The molecule has 1 aromatic heterocycles. The lowest BCUT2D eigenvalue weighted by Gasteiger charge is -2.12. The van der Waals surface area contributed by atoms with Gasteiger partial charge in [0.05, 0.1) is 23.9 Å². The van der Waals surface area contributed by atoms with Crippen LogP contribution in [0.3, 0.4) is 0 Å². The number of hydrogen-bond donors (Lipinski definition) is 1. The highest BCUT2D eigenvalue weighted by atomic mass is 32.2. The number of fused-ring (bicyclic) bond motifs is 1. The summed E-state index contributed by atoms with van der Waals surface area (Å²) < 4.78 is 7.22. The van der Waals surface area contributed by atoms with Crippen molar-refractivity contribution in [1.29, 1.82) is 0 Å². The lowest BCUT2D eigenvalue weighted by molar-refractivity contribution is -0.133. The van der Waals surface area contributed by atoms with Gasteiger partial charge in [-0.25, -0.2) is 4.98 Å². The number of carbonyl (C=O) groups is 1. The summed E-state index contributed by atoms with van der Waals surface area (Å²) in [5, 5.41) is 9.51. The maximum absolute atomic E-state index is 10.7. The molecule has 2 aromatic rings. The van der Waals surface area contributed by atoms with Gasteiger partial charge in [-0.1, -0.05) is 11.8 Å². The molecule has 0 spiro atoms. The monoisotopic (exact) mass is 280 g/mol. The van der Waals surface area contributed by atoms with Gasteiger partial charge in [0.15, 0.2) is 5.16 Å². The van der Waals surface area contributed by atoms with Crippen molar-refractivity contribution in [3.63, 3.8) is 0 Å². The molecular weight excluding hydrogens is 264 g/mol. The molecule has 1 aromatic carbocycles. The summed E-state index contributed by atoms with van der Waals surface area (Å²) in [7, 11) is 1.61. The first-order valence-electron chi connectivity index (χ1n) is 5.93. The number of imidazole rings is 1. The molecule has 5 nitrogen and oxygen atoms in total. The highest BCUT2D eigenvalue weighted by Gasteiger charge is 2.15. The van der Waals surface area contributed by atoms with E-state index in [2.05, 4.69) is 18.8 Å². The largest absolute Gasteiger partial charge is 0.497 e. The molecule has 0 fully saturated rings. The summed E-state index contributed by atoms with van der Waals surface area (Å²) in [5.41, 5.74) is 1.81. The Balaban J connectivity index is 2.49. The molecule has 0 saturated carbocycles. The maximum Gasteiger partial charge on any atom is 0.313 e. The number of benzene rings is 1. The van der Waals surface area contributed by atoms with Gasteiger partial charge < -0.3 is 14.4 Å². The number of methoxy groups -OCH3 is 1. The topological polar surface area (TPSA) is 64.3 Å². The van der Waals surface area contributed by atoms with Crippen LogP contribution in [-0.4, -0.2) is 33.5 Å². The number of aliphatic carboxylic acids is 1. The number of hydrogen-bond acceptors (Lipinski definition) is 4. The van der Waals surface area contributed by atoms with Crippen LogP contribution < -0.4 is 4.74 Å². The van der Waals surface area contributed by atoms with Gasteiger partial charge in [0.2, 0.25) is 0 Å². The number of aromatic nitrogens is 2. The van der Waals surface area contributed by atoms with E-state index < -0.39 is 5.97 Å². The minimum absolute atomic E-state index is 0.00712. The lowest BCUT2D eigenvalue weighted by atomic mass is 10.3. The van der Waals surface area contributed by atoms with Crippen LogP contribution in [0.2, 0.25) is 0 Å². The Labute approximate surface area is 115 Å². The third-order valence-corrected chi connectivity index (χ3v) is 3.64. The molecular formula is C13H16N2O3S. The van der Waals surface area contributed by atoms with Crippen LogP contribution in [0.5, 0.6) is 5.75 Å². The molecule has 102 valence electrons. The quantitative estimate of drug-likeness (QED) is 0.853. The first-order valence-corrected chi connectivity index (χ1v) is 6.92. The van der Waals surface area contributed by atoms with Crippen LogP contribution in [0.15, 0.2) is 23.4 Å². The predicted molar refractivity (Wildman–Crippen MR) is 75.0 cm³/mol. The van der Waals surface area contributed by atoms with E-state index in [1.165, 1.54) is 11.8 Å². The molecule has 1 heterocycles. The molecule has 0 aliphatic carbocycles. The molecule has 0 atom stereocenters. The lowest BCUT2D eigenvalue weighted by Crippen LogP contribution is -2.05. The van der Waals surface area contributed by atoms with Crippen molar-refractivity contribution in [2.75, 3.05) is 12.9 Å². The van der Waals surface area contributed by atoms with Crippen LogP contribution in [-0.2, 0) is 4.79 Å². The van der Waals surface area contributed by atoms with Crippen molar-refractivity contribution in [1.82, 2.24) is 9.55 Å². The minimum atomic E-state index is -0.843. The number of nitrogens with zero attached hydrogens (tertiary/aromatic N) is 2. The second-order valence-corrected chi connectivity index (χ2v) is 5.34. The number of ether oxygens (including phenoxy) is 1. The minimum Gasteiger partial charge on any atom is -0.497 e. The van der Waals surface area contributed by atoms with E-state index in [1.807, 2.05) is 22.8 Å². The molecule has 0 bridgehead atoms. The fraction of sp³-hybridized carbons (Fsp3) is 0.385. The summed E-state index contributed by atoms with van der Waals surface area (Å²) in [5.74, 6) is -0.0895. The van der Waals surface area contributed by atoms with Gasteiger partial charge in [0.25, 0.3) is 0 Å². The van der Waals surface area contributed by atoms with E-state index >= 15 is 0 Å². The normalized spacial score (nSPS) is 11.2. The zero-order chi connectivity index (χ0) is 14.0. The van der Waals surface area contributed by atoms with E-state index in [1.54, 1.807) is 7.11 Å². The van der Waals surface area contributed by atoms with Crippen LogP contribution in [0.1, 0.15) is 19.9 Å². The predicted octanol–water partition coefficient (Wildman–Crippen LogP) is 2.80. The third kappa shape index (κ3) is 2.84. The molecule has 19 heavy (non-hydrogen) atoms. The fourth-order valence-electron chi connectivity index (χ4n) is 1.91. The second kappa shape index (κ2) is 5.52. The Kier molecular flexibility index (Phi) is 3.99. The first kappa shape index (κ1) is 13.7. The summed E-state index contributed by atoms with van der Waals surface area (Å²) in [6.45, 7) is 4.10. The molecule has 0 unspecified atom stereocenters. The standard InChI is InChI=1S/C13H16N2O3S/c1-8(2)15-11-5-4-9(18-3)6-10(11)14-13(15)19-7-12(16)17/h4-6,8H,7H2,1-3H3,(H,16,17). The molecule has 2 rings (SSSR count). The van der Waals surface area contributed by atoms with Crippen molar-refractivity contribution >= 4 is 28.8 Å². The van der Waals surface area contributed by atoms with Crippen molar-refractivity contribution in [3.8, 4) is 5.75 Å². The second-order valence-electron chi connectivity index (χ2n) is 4.40. The van der Waals surface area contributed by atoms with Crippen LogP contribution in [0.4, 0.5) is 0 Å². The molecule has 0 radical (unpaired) electrons. The average molecular weight is 280 g/mol. The highest BCUT2D eigenvalue weighted by Crippen LogP contribution is 2.29. The summed E-state index contributed by atoms with van der Waals surface area (Å²) in [6, 6.07) is 5.91. The molecule has 1 N–H and O–H groups in total. The summed E-state index contributed by atoms with van der Waals surface area (Å²) in [6.07, 6.45) is 0. The number of thioether (sulfide) groups is 1. The smallest absolute Gasteiger partial charge is 0.313 e. The van der Waals surface area contributed by atoms with Gasteiger partial charge in [0, 0.05) is 12.1 Å². The van der Waals surface area contributed by atoms with E-state index in [4.69, 9.17) is 9.84 Å². The van der Waals surface area contributed by atoms with Crippen LogP contribution in [0.25, 0.3) is 11.0 Å². The van der Waals surface area contributed by atoms with Gasteiger partial charge >= 0.3 is 5.97 Å². The van der Waals surface area contributed by atoms with Crippen molar-refractivity contribution in [2.45, 2.75) is 25.0 Å². The molecule has 0 aliphatic rings. The fourth-order valence-corrected chi connectivity index (χ4v) is 2.77. The van der Waals surface area contributed by atoms with Gasteiger partial charge in [-0.05, 0) is 26.0 Å². The third-order valence-electron chi connectivity index (χ3n) is 2.71. The van der Waals surface area contributed by atoms with E-state index in [0.717, 1.165) is 21.9 Å². The van der Waals surface area contributed by atoms with Gasteiger partial charge in [-0.3, -0.25) is 4.79 Å². The highest BCUT2D eigenvalue weighted by molar-refractivity contribution is 7.99. The molecule has 0 aliphatic heterocycles. The number of rotatable bonds is 5. The Morgan fingerprint density at radius 2 is 2.26 bits per heavy atom. The maximum atomic E-state index is 10.7. The molecule has 0 saturated heterocycles. The van der Waals surface area contributed by atoms with E-state index in [0.29, 0.717) is 0 Å². The Bertz CT molecular complexity index is 607. The average Bonchev–Trinajstić information content (AvgIpc) is 2.73. The van der Waals surface area contributed by atoms with Crippen LogP contribution >= 0.6 is 11.8 Å². The number of carboxylic acids is 1. The van der Waals surface area contributed by atoms with Crippen molar-refractivity contribution < 1.29 is 14.6 Å². The van der Waals surface area contributed by atoms with Gasteiger partial charge in [-0.15, -0.1) is 0 Å². The van der Waals surface area contributed by atoms with Gasteiger partial charge in [0.1, 0.15) is 5.75 Å². The van der Waals surface area contributed by atoms with Gasteiger partial charge in [-0.2, -0.15) is 0 Å². The SMILES string of the molecule is COc1ccc2c(c1)nc(SCC(=O)O)n2C(C)C. The Hall–Kier alpha value is -1.69. The van der Waals surface area contributed by atoms with E-state index in [-0.39, 0.29) is 11.8 Å². The zero-order valence-corrected chi connectivity index (χ0v) is 11.9. The summed E-state index contributed by atoms with van der Waals surface area (Å²) >= 11 is 1.23. The summed E-state index contributed by atoms with van der Waals surface area (Å²) in [4.78, 5) is 15.2. The molecule has 6 heteroatoms. The van der Waals surface area contributed by atoms with Crippen molar-refractivity contribution in [2.24, 2.45) is 0 Å². The Morgan fingerprint density at radius 3 is 2.84 bits per heavy atom. The van der Waals surface area contributed by atoms with Crippen LogP contribution in [0, 0.1) is 0 Å². The zero-order valence-electron chi connectivity index (χ0n) is 11.1. The first-order chi connectivity index (χ1) is 9.02. The molecule has 0 amide bonds.